The minimum Gasteiger partial charge on any atom is -0.507 e. The van der Waals surface area contributed by atoms with Crippen LogP contribution in [-0.2, 0) is 20.7 Å². The molecule has 0 radical (unpaired) electrons. The summed E-state index contributed by atoms with van der Waals surface area (Å²) in [4.78, 5) is 39.0. The fourth-order valence-corrected chi connectivity index (χ4v) is 6.11. The summed E-state index contributed by atoms with van der Waals surface area (Å²) in [6.07, 6.45) is -6.03. The summed E-state index contributed by atoms with van der Waals surface area (Å²) in [7, 11) is 1.34. The van der Waals surface area contributed by atoms with E-state index in [1.165, 1.54) is 39.2 Å². The Morgan fingerprint density at radius 3 is 2.46 bits per heavy atom. The topological polar surface area (TPSA) is 192 Å². The van der Waals surface area contributed by atoms with Crippen LogP contribution >= 0.6 is 0 Å². The summed E-state index contributed by atoms with van der Waals surface area (Å²) in [5.41, 5.74) is -2.87. The molecule has 1 aliphatic heterocycles. The molecule has 2 aliphatic carbocycles. The van der Waals surface area contributed by atoms with Crippen molar-refractivity contribution in [2.24, 2.45) is 0 Å². The van der Waals surface area contributed by atoms with Crippen molar-refractivity contribution < 1.29 is 54.1 Å². The molecule has 12 nitrogen and oxygen atoms in total. The first-order valence-electron chi connectivity index (χ1n) is 13.3. The van der Waals surface area contributed by atoms with Gasteiger partial charge in [-0.15, -0.1) is 0 Å². The standard InChI is InChI=1S/C29H33NO11/c1-11-24(33)16(30-13(3)32)8-19(40-11)41-18-10-29(38,12(2)31)9-15-21(18)28(37)23-22(26(15)35)25(34)14-6-5-7-17(39-4)20(14)27(23)36/h5-7,11-12,16,18-19,24,31,33,35,37-38H,8-10H2,1-4H3,(H,30,32)/t11-,12?,16-,18-,19-,24+,29-/m0/s1. The molecule has 2 aromatic carbocycles. The molecule has 12 heteroatoms. The number of carbonyl (C=O) groups excluding carboxylic acids is 3. The number of aromatic hydroxyl groups is 2. The van der Waals surface area contributed by atoms with E-state index in [1.54, 1.807) is 6.92 Å². The van der Waals surface area contributed by atoms with Crippen molar-refractivity contribution in [2.45, 2.75) is 82.4 Å². The molecule has 1 fully saturated rings. The first-order chi connectivity index (χ1) is 19.3. The van der Waals surface area contributed by atoms with Crippen molar-refractivity contribution in [3.63, 3.8) is 0 Å². The number of ether oxygens (including phenoxy) is 3. The van der Waals surface area contributed by atoms with E-state index >= 15 is 0 Å². The Morgan fingerprint density at radius 2 is 1.83 bits per heavy atom. The molecule has 0 spiro atoms. The molecule has 2 aromatic rings. The minimum absolute atomic E-state index is 0.00367. The van der Waals surface area contributed by atoms with Crippen LogP contribution in [0.3, 0.4) is 0 Å². The normalized spacial score (nSPS) is 29.7. The molecule has 3 aliphatic rings. The van der Waals surface area contributed by atoms with Gasteiger partial charge < -0.3 is 45.1 Å². The first kappa shape index (κ1) is 29.0. The Labute approximate surface area is 235 Å². The molecular weight excluding hydrogens is 538 g/mol. The molecule has 1 saturated heterocycles. The highest BCUT2D eigenvalue weighted by Crippen LogP contribution is 2.52. The average Bonchev–Trinajstić information content (AvgIpc) is 2.91. The number of nitrogens with one attached hydrogen (secondary N) is 1. The van der Waals surface area contributed by atoms with Crippen LogP contribution in [0, 0.1) is 0 Å². The molecule has 220 valence electrons. The van der Waals surface area contributed by atoms with E-state index in [0.29, 0.717) is 0 Å². The maximum absolute atomic E-state index is 13.7. The van der Waals surface area contributed by atoms with Gasteiger partial charge in [0, 0.05) is 42.9 Å². The van der Waals surface area contributed by atoms with Crippen LogP contribution < -0.4 is 10.1 Å². The van der Waals surface area contributed by atoms with Crippen LogP contribution in [-0.4, -0.2) is 86.4 Å². The lowest BCUT2D eigenvalue weighted by Gasteiger charge is -2.44. The molecule has 1 amide bonds. The van der Waals surface area contributed by atoms with E-state index in [9.17, 15) is 39.9 Å². The lowest BCUT2D eigenvalue weighted by atomic mass is 9.71. The van der Waals surface area contributed by atoms with E-state index in [-0.39, 0.29) is 53.2 Å². The van der Waals surface area contributed by atoms with Gasteiger partial charge in [-0.2, -0.15) is 0 Å². The van der Waals surface area contributed by atoms with E-state index in [1.807, 2.05) is 0 Å². The number of phenols is 2. The lowest BCUT2D eigenvalue weighted by Crippen LogP contribution is -2.55. The Kier molecular flexibility index (Phi) is 7.33. The summed E-state index contributed by atoms with van der Waals surface area (Å²) in [5, 5.41) is 58.0. The monoisotopic (exact) mass is 571 g/mol. The van der Waals surface area contributed by atoms with Gasteiger partial charge in [0.25, 0.3) is 0 Å². The van der Waals surface area contributed by atoms with Crippen LogP contribution in [0.15, 0.2) is 18.2 Å². The van der Waals surface area contributed by atoms with Gasteiger partial charge in [0.1, 0.15) is 23.4 Å². The number of hydrogen-bond donors (Lipinski definition) is 6. The third kappa shape index (κ3) is 4.65. The van der Waals surface area contributed by atoms with Crippen molar-refractivity contribution >= 4 is 17.5 Å². The number of aliphatic hydroxyl groups is 3. The third-order valence-electron chi connectivity index (χ3n) is 8.29. The summed E-state index contributed by atoms with van der Waals surface area (Å²) < 4.78 is 17.3. The summed E-state index contributed by atoms with van der Waals surface area (Å²) >= 11 is 0. The van der Waals surface area contributed by atoms with E-state index in [0.717, 1.165) is 0 Å². The highest BCUT2D eigenvalue weighted by atomic mass is 16.7. The summed E-state index contributed by atoms with van der Waals surface area (Å²) in [6.45, 7) is 4.25. The fraction of sp³-hybridized carbons (Fsp3) is 0.483. The van der Waals surface area contributed by atoms with Gasteiger partial charge >= 0.3 is 0 Å². The second-order valence-corrected chi connectivity index (χ2v) is 11.0. The van der Waals surface area contributed by atoms with Gasteiger partial charge in [0.2, 0.25) is 11.7 Å². The quantitative estimate of drug-likeness (QED) is 0.239. The number of fused-ring (bicyclic) bond motifs is 3. The number of hydrogen-bond acceptors (Lipinski definition) is 11. The van der Waals surface area contributed by atoms with Gasteiger partial charge in [-0.1, -0.05) is 12.1 Å². The number of aliphatic hydroxyl groups excluding tert-OH is 2. The number of rotatable bonds is 5. The Morgan fingerprint density at radius 1 is 1.15 bits per heavy atom. The summed E-state index contributed by atoms with van der Waals surface area (Å²) in [6, 6.07) is 3.71. The fourth-order valence-electron chi connectivity index (χ4n) is 6.11. The molecule has 1 unspecified atom stereocenters. The van der Waals surface area contributed by atoms with Crippen LogP contribution in [0.25, 0.3) is 0 Å². The van der Waals surface area contributed by atoms with E-state index in [2.05, 4.69) is 5.32 Å². The number of amides is 1. The zero-order valence-corrected chi connectivity index (χ0v) is 23.0. The van der Waals surface area contributed by atoms with Crippen molar-refractivity contribution in [1.82, 2.24) is 5.32 Å². The van der Waals surface area contributed by atoms with Gasteiger partial charge in [-0.05, 0) is 19.9 Å². The molecule has 5 rings (SSSR count). The molecule has 0 saturated carbocycles. The lowest BCUT2D eigenvalue weighted by molar-refractivity contribution is -0.252. The first-order valence-corrected chi connectivity index (χ1v) is 13.3. The molecular formula is C29H33NO11. The molecule has 0 aromatic heterocycles. The predicted octanol–water partition coefficient (Wildman–Crippen LogP) is 0.998. The summed E-state index contributed by atoms with van der Waals surface area (Å²) in [5.74, 6) is -2.94. The van der Waals surface area contributed by atoms with Crippen LogP contribution in [0.5, 0.6) is 17.2 Å². The zero-order valence-electron chi connectivity index (χ0n) is 23.0. The van der Waals surface area contributed by atoms with Crippen molar-refractivity contribution in [3.05, 3.63) is 51.6 Å². The zero-order chi connectivity index (χ0) is 30.0. The number of carbonyl (C=O) groups is 3. The van der Waals surface area contributed by atoms with Crippen molar-refractivity contribution in [1.29, 1.82) is 0 Å². The third-order valence-corrected chi connectivity index (χ3v) is 8.29. The maximum atomic E-state index is 13.7. The van der Waals surface area contributed by atoms with Crippen LogP contribution in [0.1, 0.15) is 82.7 Å². The Balaban J connectivity index is 1.64. The smallest absolute Gasteiger partial charge is 0.217 e. The molecule has 0 bridgehead atoms. The van der Waals surface area contributed by atoms with Gasteiger partial charge in [0.15, 0.2) is 12.1 Å². The minimum atomic E-state index is -1.85. The maximum Gasteiger partial charge on any atom is 0.217 e. The number of methoxy groups -OCH3 is 1. The second kappa shape index (κ2) is 10.4. The average molecular weight is 572 g/mol. The van der Waals surface area contributed by atoms with Crippen LogP contribution in [0.4, 0.5) is 0 Å². The molecule has 6 N–H and O–H groups in total. The van der Waals surface area contributed by atoms with E-state index in [4.69, 9.17) is 14.2 Å². The van der Waals surface area contributed by atoms with Crippen molar-refractivity contribution in [3.8, 4) is 17.2 Å². The number of phenolic OH excluding ortho intramolecular Hbond substituents is 2. The predicted molar refractivity (Wildman–Crippen MR) is 141 cm³/mol. The molecule has 7 atom stereocenters. The Bertz CT molecular complexity index is 1440. The van der Waals surface area contributed by atoms with Gasteiger partial charge in [0.05, 0.1) is 53.8 Å². The SMILES string of the molecule is COc1cccc2c1C(=O)c1c(O)c3c(c(O)c1C2=O)C[C@@](O)(C(C)O)C[C@@H]3O[C@H]1C[C@H](NC(C)=O)[C@H](O)[C@H](C)O1. The largest absolute Gasteiger partial charge is 0.507 e. The number of benzene rings is 2. The molecule has 1 heterocycles. The van der Waals surface area contributed by atoms with Crippen molar-refractivity contribution in [2.75, 3.05) is 7.11 Å². The van der Waals surface area contributed by atoms with E-state index < -0.39 is 76.5 Å². The van der Waals surface area contributed by atoms with Gasteiger partial charge in [-0.25, -0.2) is 0 Å². The highest BCUT2D eigenvalue weighted by Gasteiger charge is 2.49. The van der Waals surface area contributed by atoms with Crippen LogP contribution in [0.2, 0.25) is 0 Å². The molecule has 41 heavy (non-hydrogen) atoms. The van der Waals surface area contributed by atoms with Gasteiger partial charge in [-0.3, -0.25) is 14.4 Å². The highest BCUT2D eigenvalue weighted by molar-refractivity contribution is 6.31. The number of ketones is 2. The Hall–Kier alpha value is -3.55. The second-order valence-electron chi connectivity index (χ2n) is 11.0.